The van der Waals surface area contributed by atoms with Gasteiger partial charge in [0, 0.05) is 26.1 Å². The first-order valence-corrected chi connectivity index (χ1v) is 20.8. The summed E-state index contributed by atoms with van der Waals surface area (Å²) in [5, 5.41) is 10.9. The zero-order valence-corrected chi connectivity index (χ0v) is 33.6. The highest BCUT2D eigenvalue weighted by atomic mass is 19.2. The van der Waals surface area contributed by atoms with Gasteiger partial charge in [-0.25, -0.2) is 9.97 Å². The smallest absolute Gasteiger partial charge is 0.254 e. The number of aryl methyl sites for hydroxylation is 1. The van der Waals surface area contributed by atoms with Gasteiger partial charge in [0.2, 0.25) is 5.91 Å². The highest BCUT2D eigenvalue weighted by Crippen LogP contribution is 2.37. The van der Waals surface area contributed by atoms with Gasteiger partial charge in [0.1, 0.15) is 17.7 Å². The maximum atomic E-state index is 14.4. The summed E-state index contributed by atoms with van der Waals surface area (Å²) in [5.74, 6) is 1.20. The molecule has 3 N–H and O–H groups in total. The van der Waals surface area contributed by atoms with Crippen molar-refractivity contribution in [1.29, 1.82) is 0 Å². The summed E-state index contributed by atoms with van der Waals surface area (Å²) in [6.07, 6.45) is 8.71. The molecule has 10 nitrogen and oxygen atoms in total. The number of likely N-dealkylation sites (tertiary alicyclic amines) is 2. The van der Waals surface area contributed by atoms with Gasteiger partial charge >= 0.3 is 0 Å². The van der Waals surface area contributed by atoms with Crippen LogP contribution in [0.1, 0.15) is 80.3 Å². The molecule has 0 saturated carbocycles. The zero-order valence-electron chi connectivity index (χ0n) is 33.6. The van der Waals surface area contributed by atoms with E-state index in [1.807, 2.05) is 84.9 Å². The lowest BCUT2D eigenvalue weighted by atomic mass is 9.91. The molecule has 2 atom stereocenters. The molecule has 2 amide bonds. The van der Waals surface area contributed by atoms with Crippen LogP contribution in [0.15, 0.2) is 122 Å². The first kappa shape index (κ1) is 39.9. The maximum absolute atomic E-state index is 14.4. The van der Waals surface area contributed by atoms with Crippen LogP contribution in [-0.2, 0) is 22.4 Å². The maximum Gasteiger partial charge on any atom is 0.254 e. The third-order valence-electron chi connectivity index (χ3n) is 11.9. The minimum Gasteiger partial charge on any atom is -0.390 e. The second-order valence-corrected chi connectivity index (χ2v) is 16.2. The van der Waals surface area contributed by atoms with E-state index in [2.05, 4.69) is 68.4 Å². The van der Waals surface area contributed by atoms with Crippen molar-refractivity contribution in [3.05, 3.63) is 144 Å². The molecule has 0 spiro atoms. The Hall–Kier alpha value is -5.91. The van der Waals surface area contributed by atoms with Crippen LogP contribution in [0.5, 0.6) is 0 Å². The van der Waals surface area contributed by atoms with Gasteiger partial charge in [-0.15, -0.1) is 0 Å². The molecule has 0 unspecified atom stereocenters. The monoisotopic (exact) mass is 793 g/mol. The van der Waals surface area contributed by atoms with E-state index in [4.69, 9.17) is 4.98 Å². The molecule has 59 heavy (non-hydrogen) atoms. The third kappa shape index (κ3) is 9.53. The Morgan fingerprint density at radius 1 is 0.797 bits per heavy atom. The van der Waals surface area contributed by atoms with Gasteiger partial charge in [-0.3, -0.25) is 14.5 Å². The Labute approximate surface area is 345 Å². The molecule has 8 rings (SSSR count). The van der Waals surface area contributed by atoms with Crippen LogP contribution >= 0.6 is 0 Å². The number of nitrogens with one attached hydrogen (secondary N) is 2. The molecule has 4 heterocycles. The van der Waals surface area contributed by atoms with Crippen LogP contribution in [0, 0.1) is 0 Å². The molecule has 2 saturated heterocycles. The Balaban J connectivity index is 0.857. The second-order valence-electron chi connectivity index (χ2n) is 16.2. The fourth-order valence-electron chi connectivity index (χ4n) is 8.38. The number of aromatic nitrogens is 4. The average molecular weight is 794 g/mol. The number of rotatable bonds is 14. The SMILES string of the molecule is CC1(O)CCN([C@@H](C(=O)N2CCC[C@H]2c2ncc(-c3ccc(-c4ccc(-c5cnc(CCCCN(F)C(=O)Cc6ccccc6)[nH]5)cc4)cc3)[nH]2)c2ccccc2)CC1. The molecular formula is C48H52FN7O3. The number of unbranched alkanes of at least 4 members (excludes halogenated alkanes) is 1. The minimum atomic E-state index is -0.698. The molecule has 11 heteroatoms. The van der Waals surface area contributed by atoms with Gasteiger partial charge in [0.05, 0.1) is 48.4 Å². The molecule has 0 bridgehead atoms. The number of benzene rings is 4. The number of H-pyrrole nitrogens is 2. The number of hydrogen-bond donors (Lipinski definition) is 3. The fraction of sp³-hybridized carbons (Fsp3) is 0.333. The van der Waals surface area contributed by atoms with Gasteiger partial charge in [0.15, 0.2) is 0 Å². The topological polar surface area (TPSA) is 121 Å². The van der Waals surface area contributed by atoms with Gasteiger partial charge < -0.3 is 20.0 Å². The Kier molecular flexibility index (Phi) is 12.1. The highest BCUT2D eigenvalue weighted by Gasteiger charge is 2.40. The molecule has 304 valence electrons. The molecule has 6 aromatic rings. The largest absolute Gasteiger partial charge is 0.390 e. The van der Waals surface area contributed by atoms with E-state index in [1.165, 1.54) is 0 Å². The lowest BCUT2D eigenvalue weighted by Crippen LogP contribution is -2.49. The van der Waals surface area contributed by atoms with Gasteiger partial charge in [-0.1, -0.05) is 114 Å². The number of amides is 2. The van der Waals surface area contributed by atoms with Crippen molar-refractivity contribution in [2.75, 3.05) is 26.2 Å². The highest BCUT2D eigenvalue weighted by molar-refractivity contribution is 5.84. The lowest BCUT2D eigenvalue weighted by Gasteiger charge is -2.41. The van der Waals surface area contributed by atoms with Crippen LogP contribution in [0.3, 0.4) is 0 Å². The molecule has 0 aliphatic carbocycles. The van der Waals surface area contributed by atoms with Crippen LogP contribution < -0.4 is 0 Å². The van der Waals surface area contributed by atoms with E-state index in [0.29, 0.717) is 56.9 Å². The summed E-state index contributed by atoms with van der Waals surface area (Å²) in [5.41, 5.74) is 7.14. The number of aliphatic hydroxyl groups is 1. The first-order chi connectivity index (χ1) is 28.7. The Morgan fingerprint density at radius 3 is 2.05 bits per heavy atom. The molecule has 2 fully saturated rings. The second kappa shape index (κ2) is 17.9. The lowest BCUT2D eigenvalue weighted by molar-refractivity contribution is -0.145. The number of halogens is 1. The first-order valence-electron chi connectivity index (χ1n) is 20.8. The summed E-state index contributed by atoms with van der Waals surface area (Å²) in [4.78, 5) is 47.1. The van der Waals surface area contributed by atoms with E-state index in [1.54, 1.807) is 0 Å². The standard InChI is InChI=1S/C48H52FN7O3/c1-48(59)25-29-54(30-26-48)45(39-13-6-3-7-14-39)47(58)55-27-10-15-42(55)46-51-33-41(53-46)38-23-19-36(20-24-38)35-17-21-37(22-18-35)40-32-50-43(52-40)16-8-9-28-56(49)44(57)31-34-11-4-2-5-12-34/h2-7,11-14,17-24,32-33,42,45,59H,8-10,15-16,25-31H2,1H3,(H,50,52)(H,51,53)/t42-,45+/m0/s1. The molecule has 2 aliphatic rings. The number of aromatic amines is 2. The summed E-state index contributed by atoms with van der Waals surface area (Å²) < 4.78 is 14.3. The van der Waals surface area contributed by atoms with E-state index < -0.39 is 17.6 Å². The predicted molar refractivity (Wildman–Crippen MR) is 227 cm³/mol. The number of imidazole rings is 2. The van der Waals surface area contributed by atoms with Gasteiger partial charge in [0.25, 0.3) is 5.91 Å². The van der Waals surface area contributed by atoms with Crippen molar-refractivity contribution in [3.63, 3.8) is 0 Å². The average Bonchev–Trinajstić information content (AvgIpc) is 4.06. The van der Waals surface area contributed by atoms with Crippen LogP contribution in [0.25, 0.3) is 33.6 Å². The Morgan fingerprint density at radius 2 is 1.39 bits per heavy atom. The van der Waals surface area contributed by atoms with Crippen molar-refractivity contribution < 1.29 is 19.2 Å². The molecule has 2 aromatic heterocycles. The van der Waals surface area contributed by atoms with Crippen LogP contribution in [0.2, 0.25) is 0 Å². The molecule has 2 aliphatic heterocycles. The van der Waals surface area contributed by atoms with E-state index in [-0.39, 0.29) is 24.9 Å². The van der Waals surface area contributed by atoms with Crippen molar-refractivity contribution in [1.82, 2.24) is 34.9 Å². The third-order valence-corrected chi connectivity index (χ3v) is 11.9. The molecular weight excluding hydrogens is 742 g/mol. The number of carbonyl (C=O) groups excluding carboxylic acids is 2. The van der Waals surface area contributed by atoms with Gasteiger partial charge in [-0.05, 0) is 78.8 Å². The minimum absolute atomic E-state index is 0.0594. The van der Waals surface area contributed by atoms with E-state index in [0.717, 1.165) is 69.3 Å². The zero-order chi connectivity index (χ0) is 40.8. The van der Waals surface area contributed by atoms with Crippen molar-refractivity contribution in [2.24, 2.45) is 0 Å². The fourth-order valence-corrected chi connectivity index (χ4v) is 8.38. The summed E-state index contributed by atoms with van der Waals surface area (Å²) in [7, 11) is 0. The molecule has 4 aromatic carbocycles. The van der Waals surface area contributed by atoms with Crippen LogP contribution in [-0.4, -0.2) is 83.6 Å². The van der Waals surface area contributed by atoms with Crippen molar-refractivity contribution in [3.8, 4) is 33.6 Å². The summed E-state index contributed by atoms with van der Waals surface area (Å²) in [6.45, 7) is 3.96. The van der Waals surface area contributed by atoms with Crippen molar-refractivity contribution >= 4 is 11.8 Å². The predicted octanol–water partition coefficient (Wildman–Crippen LogP) is 8.66. The number of hydrogen-bond acceptors (Lipinski definition) is 6. The number of nitrogens with zero attached hydrogens (tertiary/aromatic N) is 5. The normalized spacial score (nSPS) is 17.2. The van der Waals surface area contributed by atoms with Crippen molar-refractivity contribution in [2.45, 2.75) is 76.0 Å². The van der Waals surface area contributed by atoms with Crippen LogP contribution in [0.4, 0.5) is 4.48 Å². The van der Waals surface area contributed by atoms with Gasteiger partial charge in [-0.2, -0.15) is 5.12 Å². The number of carbonyl (C=O) groups is 2. The summed E-state index contributed by atoms with van der Waals surface area (Å²) in [6, 6.07) is 35.5. The quantitative estimate of drug-likeness (QED) is 0.0750. The Bertz CT molecular complexity index is 2300. The van der Waals surface area contributed by atoms with E-state index >= 15 is 0 Å². The number of piperidine rings is 1. The summed E-state index contributed by atoms with van der Waals surface area (Å²) >= 11 is 0. The molecule has 0 radical (unpaired) electrons. The van der Waals surface area contributed by atoms with E-state index in [9.17, 15) is 19.2 Å².